The normalized spacial score (nSPS) is 16.5. The van der Waals surface area contributed by atoms with E-state index in [4.69, 9.17) is 32.7 Å². The van der Waals surface area contributed by atoms with Gasteiger partial charge >= 0.3 is 11.9 Å². The summed E-state index contributed by atoms with van der Waals surface area (Å²) in [5, 5.41) is 16.5. The molecular formula is C34H31Cl2F3N6O5. The summed E-state index contributed by atoms with van der Waals surface area (Å²) in [5.41, 5.74) is -0.268. The number of pyridine rings is 2. The quantitative estimate of drug-likeness (QED) is 0.185. The van der Waals surface area contributed by atoms with Crippen LogP contribution in [0.1, 0.15) is 17.7 Å². The molecule has 262 valence electrons. The number of aryl methyl sites for hydroxylation is 1. The van der Waals surface area contributed by atoms with E-state index in [1.807, 2.05) is 6.07 Å². The SMILES string of the molecule is COc1nc(-c2cccc(-c3cccc(Nc4nc(C(F)(F)F)cc5c4c(=O)n(C)c(=O)n5C)c3Cl)c2Cl)ccc1CNC1CCOCC1O. The molecule has 4 heterocycles. The Morgan fingerprint density at radius 2 is 1.70 bits per heavy atom. The molecule has 0 spiro atoms. The number of aliphatic hydroxyl groups is 1. The summed E-state index contributed by atoms with van der Waals surface area (Å²) in [7, 11) is 4.00. The smallest absolute Gasteiger partial charge is 0.433 e. The van der Waals surface area contributed by atoms with Crippen molar-refractivity contribution in [3.63, 3.8) is 0 Å². The van der Waals surface area contributed by atoms with Gasteiger partial charge in [0.25, 0.3) is 5.56 Å². The summed E-state index contributed by atoms with van der Waals surface area (Å²) in [6.45, 7) is 1.23. The van der Waals surface area contributed by atoms with Crippen molar-refractivity contribution >= 4 is 45.6 Å². The number of methoxy groups -OCH3 is 1. The lowest BCUT2D eigenvalue weighted by Crippen LogP contribution is -2.46. The van der Waals surface area contributed by atoms with E-state index in [9.17, 15) is 27.9 Å². The average molecular weight is 732 g/mol. The van der Waals surface area contributed by atoms with Crippen molar-refractivity contribution in [3.05, 3.63) is 96.7 Å². The number of aliphatic hydroxyl groups excluding tert-OH is 1. The molecule has 0 amide bonds. The van der Waals surface area contributed by atoms with Crippen molar-refractivity contribution in [2.75, 3.05) is 25.6 Å². The fourth-order valence-electron chi connectivity index (χ4n) is 5.86. The van der Waals surface area contributed by atoms with E-state index < -0.39 is 35.0 Å². The first-order valence-corrected chi connectivity index (χ1v) is 16.1. The number of nitrogens with one attached hydrogen (secondary N) is 2. The Labute approximate surface area is 293 Å². The van der Waals surface area contributed by atoms with Crippen LogP contribution in [0.25, 0.3) is 33.3 Å². The Kier molecular flexibility index (Phi) is 9.93. The van der Waals surface area contributed by atoms with Crippen LogP contribution in [0.4, 0.5) is 24.7 Å². The molecule has 11 nitrogen and oxygen atoms in total. The Hall–Kier alpha value is -4.47. The summed E-state index contributed by atoms with van der Waals surface area (Å²) in [6, 6.07) is 14.3. The molecule has 0 bridgehead atoms. The second-order valence-corrected chi connectivity index (χ2v) is 12.5. The Bertz CT molecular complexity index is 2230. The van der Waals surface area contributed by atoms with E-state index in [2.05, 4.69) is 20.6 Å². The number of hydrogen-bond donors (Lipinski definition) is 3. The predicted octanol–water partition coefficient (Wildman–Crippen LogP) is 5.68. The van der Waals surface area contributed by atoms with E-state index in [0.29, 0.717) is 58.9 Å². The van der Waals surface area contributed by atoms with Crippen LogP contribution in [0.2, 0.25) is 10.0 Å². The molecule has 1 fully saturated rings. The van der Waals surface area contributed by atoms with Crippen LogP contribution in [0, 0.1) is 0 Å². The summed E-state index contributed by atoms with van der Waals surface area (Å²) < 4.78 is 54.3. The van der Waals surface area contributed by atoms with Gasteiger partial charge in [-0.1, -0.05) is 59.6 Å². The van der Waals surface area contributed by atoms with Crippen LogP contribution < -0.4 is 26.6 Å². The molecule has 0 aliphatic carbocycles. The molecule has 1 aliphatic heterocycles. The first kappa shape index (κ1) is 35.4. The Morgan fingerprint density at radius 1 is 1.00 bits per heavy atom. The lowest BCUT2D eigenvalue weighted by Gasteiger charge is -2.28. The number of ether oxygens (including phenoxy) is 2. The number of rotatable bonds is 8. The highest BCUT2D eigenvalue weighted by atomic mass is 35.5. The molecule has 6 rings (SSSR count). The van der Waals surface area contributed by atoms with E-state index in [1.165, 1.54) is 27.3 Å². The number of nitrogens with zero attached hydrogens (tertiary/aromatic N) is 4. The molecule has 0 saturated carbocycles. The molecule has 1 saturated heterocycles. The molecule has 3 aromatic heterocycles. The molecule has 1 aliphatic rings. The van der Waals surface area contributed by atoms with Gasteiger partial charge in [-0.25, -0.2) is 14.8 Å². The monoisotopic (exact) mass is 730 g/mol. The van der Waals surface area contributed by atoms with Crippen LogP contribution in [0.15, 0.2) is 64.2 Å². The standard InChI is InChI=1S/C34H31Cl2F3N6O5/c1-44-24-14-26(34(37,38)39)43-30(27(24)32(47)45(2)33(44)48)41-23-9-5-7-19(29(23)36)18-6-4-8-20(28(18)35)21-11-10-17(31(42-21)49-3)15-40-22-12-13-50-16-25(22)46/h4-11,14,22,25,40,46H,12-13,15-16H2,1-3H3,(H,41,43). The van der Waals surface area contributed by atoms with Gasteiger partial charge in [0.1, 0.15) is 16.9 Å². The van der Waals surface area contributed by atoms with Gasteiger partial charge in [-0.05, 0) is 24.6 Å². The van der Waals surface area contributed by atoms with Crippen molar-refractivity contribution in [3.8, 4) is 28.3 Å². The molecule has 16 heteroatoms. The zero-order valence-electron chi connectivity index (χ0n) is 26.9. The van der Waals surface area contributed by atoms with E-state index in [-0.39, 0.29) is 34.3 Å². The number of benzene rings is 2. The summed E-state index contributed by atoms with van der Waals surface area (Å²) >= 11 is 13.8. The molecule has 2 atom stereocenters. The van der Waals surface area contributed by atoms with Crippen molar-refractivity contribution in [2.24, 2.45) is 14.1 Å². The lowest BCUT2D eigenvalue weighted by molar-refractivity contribution is -0.141. The molecule has 3 N–H and O–H groups in total. The van der Waals surface area contributed by atoms with Gasteiger partial charge < -0.3 is 25.2 Å². The van der Waals surface area contributed by atoms with Crippen LogP contribution in [-0.2, 0) is 31.6 Å². The number of fused-ring (bicyclic) bond motifs is 1. The maximum absolute atomic E-state index is 13.9. The highest BCUT2D eigenvalue weighted by molar-refractivity contribution is 6.39. The van der Waals surface area contributed by atoms with Crippen molar-refractivity contribution in [2.45, 2.75) is 31.3 Å². The second kappa shape index (κ2) is 14.0. The summed E-state index contributed by atoms with van der Waals surface area (Å²) in [4.78, 5) is 34.1. The molecule has 2 unspecified atom stereocenters. The second-order valence-electron chi connectivity index (χ2n) is 11.7. The van der Waals surface area contributed by atoms with Crippen LogP contribution in [-0.4, -0.2) is 56.7 Å². The van der Waals surface area contributed by atoms with Gasteiger partial charge in [0.05, 0.1) is 46.8 Å². The van der Waals surface area contributed by atoms with Gasteiger partial charge in [-0.2, -0.15) is 13.2 Å². The van der Waals surface area contributed by atoms with Crippen molar-refractivity contribution < 1.29 is 27.8 Å². The largest absolute Gasteiger partial charge is 0.481 e. The fraction of sp³-hybridized carbons (Fsp3) is 0.294. The Morgan fingerprint density at radius 3 is 2.40 bits per heavy atom. The predicted molar refractivity (Wildman–Crippen MR) is 184 cm³/mol. The summed E-state index contributed by atoms with van der Waals surface area (Å²) in [6.07, 6.45) is -4.82. The van der Waals surface area contributed by atoms with E-state index in [0.717, 1.165) is 14.7 Å². The molecule has 2 aromatic carbocycles. The third kappa shape index (κ3) is 6.68. The van der Waals surface area contributed by atoms with Gasteiger partial charge in [-0.15, -0.1) is 0 Å². The topological polar surface area (TPSA) is 133 Å². The third-order valence-corrected chi connectivity index (χ3v) is 9.39. The van der Waals surface area contributed by atoms with Crippen molar-refractivity contribution in [1.82, 2.24) is 24.4 Å². The maximum Gasteiger partial charge on any atom is 0.433 e. The van der Waals surface area contributed by atoms with Gasteiger partial charge in [-0.3, -0.25) is 13.9 Å². The van der Waals surface area contributed by atoms with Gasteiger partial charge in [0.15, 0.2) is 0 Å². The number of anilines is 2. The number of hydrogen-bond acceptors (Lipinski definition) is 9. The average Bonchev–Trinajstić information content (AvgIpc) is 3.10. The first-order chi connectivity index (χ1) is 23.8. The highest BCUT2D eigenvalue weighted by Crippen LogP contribution is 2.42. The highest BCUT2D eigenvalue weighted by Gasteiger charge is 2.34. The zero-order chi connectivity index (χ0) is 35.9. The minimum Gasteiger partial charge on any atom is -0.481 e. The minimum atomic E-state index is -4.87. The minimum absolute atomic E-state index is 0.0859. The van der Waals surface area contributed by atoms with Crippen molar-refractivity contribution in [1.29, 1.82) is 0 Å². The number of halogens is 5. The van der Waals surface area contributed by atoms with Crippen LogP contribution in [0.5, 0.6) is 5.88 Å². The number of alkyl halides is 3. The Balaban J connectivity index is 1.36. The fourth-order valence-corrected chi connectivity index (χ4v) is 6.46. The van der Waals surface area contributed by atoms with Gasteiger partial charge in [0.2, 0.25) is 5.88 Å². The molecule has 5 aromatic rings. The van der Waals surface area contributed by atoms with Gasteiger partial charge in [0, 0.05) is 55.5 Å². The van der Waals surface area contributed by atoms with Crippen LogP contribution in [0.3, 0.4) is 0 Å². The molecule has 50 heavy (non-hydrogen) atoms. The first-order valence-electron chi connectivity index (χ1n) is 15.4. The summed E-state index contributed by atoms with van der Waals surface area (Å²) in [5.74, 6) is -0.0613. The third-order valence-electron chi connectivity index (χ3n) is 8.57. The molecular weight excluding hydrogens is 700 g/mol. The van der Waals surface area contributed by atoms with E-state index in [1.54, 1.807) is 36.4 Å². The number of aromatic nitrogens is 4. The van der Waals surface area contributed by atoms with Crippen LogP contribution >= 0.6 is 23.2 Å². The zero-order valence-corrected chi connectivity index (χ0v) is 28.5. The van der Waals surface area contributed by atoms with E-state index >= 15 is 0 Å². The lowest BCUT2D eigenvalue weighted by atomic mass is 10.00. The maximum atomic E-state index is 13.9. The molecule has 0 radical (unpaired) electrons.